The fourth-order valence-corrected chi connectivity index (χ4v) is 3.84. The predicted molar refractivity (Wildman–Crippen MR) is 111 cm³/mol. The van der Waals surface area contributed by atoms with Gasteiger partial charge in [-0.05, 0) is 36.4 Å². The molecule has 1 aromatic heterocycles. The van der Waals surface area contributed by atoms with E-state index in [-0.39, 0.29) is 11.8 Å². The van der Waals surface area contributed by atoms with Gasteiger partial charge in [0.2, 0.25) is 0 Å². The van der Waals surface area contributed by atoms with E-state index in [4.69, 9.17) is 0 Å². The van der Waals surface area contributed by atoms with Crippen LogP contribution in [0.25, 0.3) is 0 Å². The molecule has 6 nitrogen and oxygen atoms in total. The van der Waals surface area contributed by atoms with Gasteiger partial charge in [0.05, 0.1) is 0 Å². The summed E-state index contributed by atoms with van der Waals surface area (Å²) in [6.07, 6.45) is 1.80. The zero-order valence-corrected chi connectivity index (χ0v) is 16.1. The second-order valence-electron chi connectivity index (χ2n) is 6.49. The van der Waals surface area contributed by atoms with Crippen LogP contribution in [0.5, 0.6) is 0 Å². The number of piperazine rings is 1. The van der Waals surface area contributed by atoms with Gasteiger partial charge in [-0.1, -0.05) is 18.2 Å². The predicted octanol–water partition coefficient (Wildman–Crippen LogP) is 3.36. The van der Waals surface area contributed by atoms with Crippen LogP contribution in [0.2, 0.25) is 0 Å². The Kier molecular flexibility index (Phi) is 5.34. The van der Waals surface area contributed by atoms with Crippen LogP contribution in [-0.2, 0) is 0 Å². The highest BCUT2D eigenvalue weighted by molar-refractivity contribution is 7.13. The third kappa shape index (κ3) is 4.04. The first-order valence-corrected chi connectivity index (χ1v) is 9.99. The molecule has 1 saturated heterocycles. The molecule has 1 fully saturated rings. The van der Waals surface area contributed by atoms with Gasteiger partial charge in [-0.15, -0.1) is 11.3 Å². The van der Waals surface area contributed by atoms with Crippen LogP contribution in [0.3, 0.4) is 0 Å². The number of nitrogens with zero attached hydrogens (tertiary/aromatic N) is 3. The molecule has 1 aliphatic rings. The summed E-state index contributed by atoms with van der Waals surface area (Å²) < 4.78 is 0. The van der Waals surface area contributed by atoms with Crippen molar-refractivity contribution >= 4 is 34.0 Å². The van der Waals surface area contributed by atoms with E-state index < -0.39 is 0 Å². The molecule has 3 aromatic rings. The molecule has 1 N–H and O–H groups in total. The van der Waals surface area contributed by atoms with E-state index in [1.54, 1.807) is 53.9 Å². The number of hydrogen-bond donors (Lipinski definition) is 1. The van der Waals surface area contributed by atoms with Crippen LogP contribution in [0, 0.1) is 0 Å². The molecule has 4 rings (SSSR count). The monoisotopic (exact) mass is 392 g/mol. The molecule has 2 amide bonds. The van der Waals surface area contributed by atoms with Crippen molar-refractivity contribution in [1.82, 2.24) is 9.88 Å². The number of carbonyl (C=O) groups is 2. The van der Waals surface area contributed by atoms with Gasteiger partial charge in [-0.3, -0.25) is 9.59 Å². The van der Waals surface area contributed by atoms with E-state index in [2.05, 4.69) is 15.2 Å². The minimum absolute atomic E-state index is 0.0136. The molecular weight excluding hydrogens is 372 g/mol. The van der Waals surface area contributed by atoms with Crippen LogP contribution in [0.1, 0.15) is 20.7 Å². The summed E-state index contributed by atoms with van der Waals surface area (Å²) in [6, 6.07) is 16.1. The van der Waals surface area contributed by atoms with E-state index in [1.807, 2.05) is 28.5 Å². The Balaban J connectivity index is 1.35. The fraction of sp³-hybridized carbons (Fsp3) is 0.190. The molecule has 0 aliphatic carbocycles. The van der Waals surface area contributed by atoms with Gasteiger partial charge < -0.3 is 15.1 Å². The van der Waals surface area contributed by atoms with Crippen LogP contribution in [0.15, 0.2) is 66.2 Å². The van der Waals surface area contributed by atoms with Crippen molar-refractivity contribution in [1.29, 1.82) is 0 Å². The zero-order chi connectivity index (χ0) is 19.3. The van der Waals surface area contributed by atoms with Crippen molar-refractivity contribution in [2.24, 2.45) is 0 Å². The summed E-state index contributed by atoms with van der Waals surface area (Å²) >= 11 is 1.62. The summed E-state index contributed by atoms with van der Waals surface area (Å²) in [4.78, 5) is 33.4. The first-order valence-electron chi connectivity index (χ1n) is 9.11. The van der Waals surface area contributed by atoms with Gasteiger partial charge in [0.25, 0.3) is 11.8 Å². The molecule has 0 saturated carbocycles. The number of aromatic nitrogens is 1. The molecule has 0 radical (unpaired) electrons. The Labute approximate surface area is 167 Å². The van der Waals surface area contributed by atoms with Crippen LogP contribution >= 0.6 is 11.3 Å². The molecule has 0 atom stereocenters. The van der Waals surface area contributed by atoms with Crippen LogP contribution < -0.4 is 10.2 Å². The van der Waals surface area contributed by atoms with Crippen molar-refractivity contribution < 1.29 is 9.59 Å². The second kappa shape index (κ2) is 8.22. The molecular formula is C21H20N4O2S. The number of thiazole rings is 1. The van der Waals surface area contributed by atoms with Crippen LogP contribution in [-0.4, -0.2) is 47.9 Å². The Bertz CT molecular complexity index is 934. The largest absolute Gasteiger partial charge is 0.345 e. The molecule has 0 spiro atoms. The van der Waals surface area contributed by atoms with E-state index in [9.17, 15) is 9.59 Å². The lowest BCUT2D eigenvalue weighted by Crippen LogP contribution is -2.48. The Morgan fingerprint density at radius 1 is 0.893 bits per heavy atom. The number of nitrogens with one attached hydrogen (secondary N) is 1. The second-order valence-corrected chi connectivity index (χ2v) is 7.36. The highest BCUT2D eigenvalue weighted by Gasteiger charge is 2.23. The standard InChI is InChI=1S/C21H20N4O2S/c26-19(16-4-2-1-3-5-16)23-18-8-6-17(7-9-18)20(27)24-11-13-25(14-12-24)21-22-10-15-28-21/h1-10,15H,11-14H2,(H,23,26). The summed E-state index contributed by atoms with van der Waals surface area (Å²) in [5.74, 6) is -0.155. The third-order valence-electron chi connectivity index (χ3n) is 4.68. The number of benzene rings is 2. The summed E-state index contributed by atoms with van der Waals surface area (Å²) in [6.45, 7) is 2.91. The first kappa shape index (κ1) is 18.2. The Hall–Kier alpha value is -3.19. The number of anilines is 2. The van der Waals surface area contributed by atoms with Crippen molar-refractivity contribution in [2.75, 3.05) is 36.4 Å². The number of rotatable bonds is 4. The molecule has 0 bridgehead atoms. The number of carbonyl (C=O) groups excluding carboxylic acids is 2. The van der Waals surface area contributed by atoms with Gasteiger partial charge in [-0.2, -0.15) is 0 Å². The molecule has 2 aromatic carbocycles. The van der Waals surface area contributed by atoms with Gasteiger partial charge in [0, 0.05) is 54.6 Å². The topological polar surface area (TPSA) is 65.5 Å². The molecule has 7 heteroatoms. The van der Waals surface area contributed by atoms with Crippen molar-refractivity contribution in [3.8, 4) is 0 Å². The van der Waals surface area contributed by atoms with E-state index >= 15 is 0 Å². The fourth-order valence-electron chi connectivity index (χ4n) is 3.14. The summed E-state index contributed by atoms with van der Waals surface area (Å²) in [5.41, 5.74) is 1.89. The van der Waals surface area contributed by atoms with E-state index in [1.165, 1.54) is 0 Å². The zero-order valence-electron chi connectivity index (χ0n) is 15.2. The Morgan fingerprint density at radius 3 is 2.25 bits per heavy atom. The molecule has 2 heterocycles. The summed E-state index contributed by atoms with van der Waals surface area (Å²) in [5, 5.41) is 5.82. The van der Waals surface area contributed by atoms with Gasteiger partial charge in [0.15, 0.2) is 5.13 Å². The highest BCUT2D eigenvalue weighted by Crippen LogP contribution is 2.20. The van der Waals surface area contributed by atoms with E-state index in [0.717, 1.165) is 18.2 Å². The normalized spacial score (nSPS) is 14.0. The lowest BCUT2D eigenvalue weighted by molar-refractivity contribution is 0.0746. The van der Waals surface area contributed by atoms with Crippen molar-refractivity contribution in [3.05, 3.63) is 77.3 Å². The quantitative estimate of drug-likeness (QED) is 0.739. The molecule has 0 unspecified atom stereocenters. The minimum Gasteiger partial charge on any atom is -0.345 e. The van der Waals surface area contributed by atoms with Gasteiger partial charge in [0.1, 0.15) is 0 Å². The molecule has 142 valence electrons. The van der Waals surface area contributed by atoms with Crippen LogP contribution in [0.4, 0.5) is 10.8 Å². The first-order chi connectivity index (χ1) is 13.7. The SMILES string of the molecule is O=C(Nc1ccc(C(=O)N2CCN(c3nccs3)CC2)cc1)c1ccccc1. The number of amides is 2. The smallest absolute Gasteiger partial charge is 0.255 e. The minimum atomic E-state index is -0.169. The van der Waals surface area contributed by atoms with Gasteiger partial charge >= 0.3 is 0 Å². The lowest BCUT2D eigenvalue weighted by atomic mass is 10.1. The average molecular weight is 392 g/mol. The molecule has 28 heavy (non-hydrogen) atoms. The molecule has 1 aliphatic heterocycles. The lowest BCUT2D eigenvalue weighted by Gasteiger charge is -2.34. The maximum atomic E-state index is 12.8. The van der Waals surface area contributed by atoms with Crippen molar-refractivity contribution in [2.45, 2.75) is 0 Å². The van der Waals surface area contributed by atoms with E-state index in [0.29, 0.717) is 29.9 Å². The summed E-state index contributed by atoms with van der Waals surface area (Å²) in [7, 11) is 0. The third-order valence-corrected chi connectivity index (χ3v) is 5.51. The maximum absolute atomic E-state index is 12.8. The highest BCUT2D eigenvalue weighted by atomic mass is 32.1. The van der Waals surface area contributed by atoms with Gasteiger partial charge in [-0.25, -0.2) is 4.98 Å². The Morgan fingerprint density at radius 2 is 1.61 bits per heavy atom. The number of hydrogen-bond acceptors (Lipinski definition) is 5. The average Bonchev–Trinajstić information content (AvgIpc) is 3.29. The van der Waals surface area contributed by atoms with Crippen molar-refractivity contribution in [3.63, 3.8) is 0 Å². The maximum Gasteiger partial charge on any atom is 0.255 e.